The molecule has 1 aromatic carbocycles. The van der Waals surface area contributed by atoms with E-state index < -0.39 is 12.8 Å². The van der Waals surface area contributed by atoms with E-state index in [2.05, 4.69) is 10.3 Å². The van der Waals surface area contributed by atoms with Gasteiger partial charge in [0.1, 0.15) is 5.52 Å². The predicted octanol–water partition coefficient (Wildman–Crippen LogP) is 5.20. The summed E-state index contributed by atoms with van der Waals surface area (Å²) in [6, 6.07) is 10.4. The van der Waals surface area contributed by atoms with E-state index in [0.717, 1.165) is 33.7 Å². The van der Waals surface area contributed by atoms with Gasteiger partial charge in [0.05, 0.1) is 6.04 Å². The number of fused-ring (bicyclic) bond motifs is 1. The number of carbonyl (C=O) groups is 1. The maximum absolute atomic E-state index is 12.4. The number of benzene rings is 1. The highest BCUT2D eigenvalue weighted by Gasteiger charge is 2.43. The summed E-state index contributed by atoms with van der Waals surface area (Å²) in [5, 5.41) is 3.07. The Morgan fingerprint density at radius 1 is 1.34 bits per heavy atom. The summed E-state index contributed by atoms with van der Waals surface area (Å²) >= 11 is 1.10. The molecule has 1 amide bonds. The Labute approximate surface area is 168 Å². The van der Waals surface area contributed by atoms with Gasteiger partial charge in [-0.15, -0.1) is 11.3 Å². The first-order chi connectivity index (χ1) is 13.8. The molecule has 3 aromatic rings. The van der Waals surface area contributed by atoms with Crippen molar-refractivity contribution in [3.63, 3.8) is 0 Å². The summed E-state index contributed by atoms with van der Waals surface area (Å²) in [4.78, 5) is 17.6. The monoisotopic (exact) mass is 424 g/mol. The largest absolute Gasteiger partial charge is 0.475 e. The maximum Gasteiger partial charge on any atom is 0.422 e. The minimum atomic E-state index is -4.38. The second kappa shape index (κ2) is 7.70. The van der Waals surface area contributed by atoms with E-state index in [9.17, 15) is 18.0 Å². The SMILES string of the molecule is C[C@@H](NC(=O)C[C@@H]1C[C@@H]1c1nc2ccccc2o1)c1ccc(OCC(F)(F)F)s1. The topological polar surface area (TPSA) is 64.4 Å². The van der Waals surface area contributed by atoms with E-state index in [1.807, 2.05) is 24.3 Å². The number of nitrogens with zero attached hydrogens (tertiary/aromatic N) is 1. The molecule has 3 atom stereocenters. The van der Waals surface area contributed by atoms with Crippen LogP contribution in [0.4, 0.5) is 13.2 Å². The van der Waals surface area contributed by atoms with Crippen LogP contribution in [0.1, 0.15) is 42.5 Å². The molecular formula is C20H19F3N2O3S. The van der Waals surface area contributed by atoms with Crippen molar-refractivity contribution in [3.8, 4) is 5.06 Å². The minimum Gasteiger partial charge on any atom is -0.475 e. The highest BCUT2D eigenvalue weighted by molar-refractivity contribution is 7.13. The van der Waals surface area contributed by atoms with Gasteiger partial charge in [0, 0.05) is 17.2 Å². The zero-order valence-electron chi connectivity index (χ0n) is 15.5. The fourth-order valence-electron chi connectivity index (χ4n) is 3.23. The van der Waals surface area contributed by atoms with Crippen LogP contribution < -0.4 is 10.1 Å². The van der Waals surface area contributed by atoms with Gasteiger partial charge in [0.25, 0.3) is 0 Å². The number of ether oxygens (including phenoxy) is 1. The molecule has 4 rings (SSSR count). The molecule has 1 N–H and O–H groups in total. The lowest BCUT2D eigenvalue weighted by Gasteiger charge is -2.12. The van der Waals surface area contributed by atoms with E-state index in [0.29, 0.717) is 12.3 Å². The lowest BCUT2D eigenvalue weighted by Crippen LogP contribution is -2.26. The van der Waals surface area contributed by atoms with E-state index in [1.165, 1.54) is 6.07 Å². The van der Waals surface area contributed by atoms with Crippen LogP contribution in [-0.4, -0.2) is 23.7 Å². The molecule has 9 heteroatoms. The number of thiophene rings is 1. The van der Waals surface area contributed by atoms with Gasteiger partial charge in [-0.1, -0.05) is 12.1 Å². The smallest absolute Gasteiger partial charge is 0.422 e. The van der Waals surface area contributed by atoms with Crippen molar-refractivity contribution in [2.45, 2.75) is 37.9 Å². The van der Waals surface area contributed by atoms with Crippen molar-refractivity contribution >= 4 is 28.3 Å². The molecule has 0 radical (unpaired) electrons. The Kier molecular flexibility index (Phi) is 5.24. The fourth-order valence-corrected chi connectivity index (χ4v) is 4.09. The second-order valence-electron chi connectivity index (χ2n) is 7.18. The summed E-state index contributed by atoms with van der Waals surface area (Å²) in [5.41, 5.74) is 1.56. The number of alkyl halides is 3. The molecule has 1 saturated carbocycles. The molecule has 2 heterocycles. The number of amides is 1. The summed E-state index contributed by atoms with van der Waals surface area (Å²) in [6.45, 7) is 0.467. The van der Waals surface area contributed by atoms with Gasteiger partial charge in [0.15, 0.2) is 23.1 Å². The van der Waals surface area contributed by atoms with Crippen molar-refractivity contribution in [2.75, 3.05) is 6.61 Å². The Balaban J connectivity index is 1.27. The quantitative estimate of drug-likeness (QED) is 0.566. The molecule has 29 heavy (non-hydrogen) atoms. The predicted molar refractivity (Wildman–Crippen MR) is 102 cm³/mol. The van der Waals surface area contributed by atoms with Crippen LogP contribution in [0, 0.1) is 5.92 Å². The third kappa shape index (κ3) is 4.90. The normalized spacial score (nSPS) is 19.9. The van der Waals surface area contributed by atoms with Crippen LogP contribution in [-0.2, 0) is 4.79 Å². The van der Waals surface area contributed by atoms with E-state index in [4.69, 9.17) is 9.15 Å². The first-order valence-electron chi connectivity index (χ1n) is 9.22. The summed E-state index contributed by atoms with van der Waals surface area (Å²) in [5.74, 6) is 0.894. The maximum atomic E-state index is 12.4. The first kappa shape index (κ1) is 19.8. The van der Waals surface area contributed by atoms with Crippen molar-refractivity contribution in [1.82, 2.24) is 10.3 Å². The van der Waals surface area contributed by atoms with Crippen LogP contribution in [0.25, 0.3) is 11.1 Å². The number of rotatable bonds is 7. The molecule has 154 valence electrons. The standard InChI is InChI=1S/C20H19F3N2O3S/c1-11(16-6-7-18(29-16)27-10-20(21,22)23)24-17(26)9-12-8-13(12)19-25-14-4-2-3-5-15(14)28-19/h2-7,11-13H,8-10H2,1H3,(H,24,26)/t11-,12+,13+/m1/s1. The van der Waals surface area contributed by atoms with E-state index in [-0.39, 0.29) is 28.8 Å². The summed E-state index contributed by atoms with van der Waals surface area (Å²) in [7, 11) is 0. The number of oxazole rings is 1. The highest BCUT2D eigenvalue weighted by atomic mass is 32.1. The van der Waals surface area contributed by atoms with E-state index in [1.54, 1.807) is 13.0 Å². The Morgan fingerprint density at radius 3 is 2.90 bits per heavy atom. The Morgan fingerprint density at radius 2 is 2.14 bits per heavy atom. The molecular weight excluding hydrogens is 405 g/mol. The molecule has 1 aliphatic carbocycles. The number of nitrogens with one attached hydrogen (secondary N) is 1. The van der Waals surface area contributed by atoms with Crippen molar-refractivity contribution in [2.24, 2.45) is 5.92 Å². The van der Waals surface area contributed by atoms with Crippen LogP contribution >= 0.6 is 11.3 Å². The number of hydrogen-bond donors (Lipinski definition) is 1. The number of halogens is 3. The van der Waals surface area contributed by atoms with E-state index >= 15 is 0 Å². The lowest BCUT2D eigenvalue weighted by atomic mass is 10.2. The molecule has 5 nitrogen and oxygen atoms in total. The minimum absolute atomic E-state index is 0.104. The molecule has 0 aliphatic heterocycles. The van der Waals surface area contributed by atoms with Gasteiger partial charge in [-0.25, -0.2) is 4.98 Å². The molecule has 1 fully saturated rings. The first-order valence-corrected chi connectivity index (χ1v) is 10.0. The van der Waals surface area contributed by atoms with Crippen LogP contribution in [0.5, 0.6) is 5.06 Å². The zero-order valence-corrected chi connectivity index (χ0v) is 16.3. The molecule has 0 unspecified atom stereocenters. The average Bonchev–Trinajstić information content (AvgIpc) is 3.08. The van der Waals surface area contributed by atoms with Gasteiger partial charge in [0.2, 0.25) is 5.91 Å². The van der Waals surface area contributed by atoms with Crippen molar-refractivity contribution in [1.29, 1.82) is 0 Å². The van der Waals surface area contributed by atoms with Crippen LogP contribution in [0.3, 0.4) is 0 Å². The number of hydrogen-bond acceptors (Lipinski definition) is 5. The van der Waals surface area contributed by atoms with Gasteiger partial charge in [-0.05, 0) is 43.5 Å². The van der Waals surface area contributed by atoms with Gasteiger partial charge in [-0.3, -0.25) is 4.79 Å². The molecule has 0 bridgehead atoms. The van der Waals surface area contributed by atoms with Gasteiger partial charge < -0.3 is 14.5 Å². The zero-order chi connectivity index (χ0) is 20.6. The third-order valence-corrected chi connectivity index (χ3v) is 5.96. The molecule has 1 aliphatic rings. The second-order valence-corrected chi connectivity index (χ2v) is 8.25. The summed E-state index contributed by atoms with van der Waals surface area (Å²) < 4.78 is 47.2. The Bertz CT molecular complexity index is 981. The Hall–Kier alpha value is -2.55. The molecule has 0 saturated heterocycles. The average molecular weight is 424 g/mol. The molecule has 0 spiro atoms. The number of carbonyl (C=O) groups excluding carboxylic acids is 1. The van der Waals surface area contributed by atoms with Gasteiger partial charge >= 0.3 is 6.18 Å². The molecule has 2 aromatic heterocycles. The lowest BCUT2D eigenvalue weighted by molar-refractivity contribution is -0.152. The van der Waals surface area contributed by atoms with Crippen molar-refractivity contribution in [3.05, 3.63) is 47.2 Å². The van der Waals surface area contributed by atoms with Crippen LogP contribution in [0.2, 0.25) is 0 Å². The summed E-state index contributed by atoms with van der Waals surface area (Å²) in [6.07, 6.45) is -3.17. The fraction of sp³-hybridized carbons (Fsp3) is 0.400. The number of para-hydroxylation sites is 2. The highest BCUT2D eigenvalue weighted by Crippen LogP contribution is 2.49. The van der Waals surface area contributed by atoms with Crippen molar-refractivity contribution < 1.29 is 27.1 Å². The van der Waals surface area contributed by atoms with Gasteiger partial charge in [-0.2, -0.15) is 13.2 Å². The third-order valence-electron chi connectivity index (χ3n) is 4.78. The van der Waals surface area contributed by atoms with Crippen LogP contribution in [0.15, 0.2) is 40.8 Å². The number of aromatic nitrogens is 1.